The van der Waals surface area contributed by atoms with Gasteiger partial charge in [-0.25, -0.2) is 18.6 Å². The Morgan fingerprint density at radius 2 is 0.925 bits per heavy atom. The predicted octanol–water partition coefficient (Wildman–Crippen LogP) is 0.460. The van der Waals surface area contributed by atoms with E-state index < -0.39 is 10.2 Å². The van der Waals surface area contributed by atoms with E-state index in [2.05, 4.69) is 31.9 Å². The van der Waals surface area contributed by atoms with Gasteiger partial charge in [0.1, 0.15) is 0 Å². The number of ether oxygens (including phenoxy) is 2. The van der Waals surface area contributed by atoms with Gasteiger partial charge in [-0.3, -0.25) is 19.8 Å². The minimum absolute atomic E-state index is 0. The molecule has 0 unspecified atom stereocenters. The zero-order valence-corrected chi connectivity index (χ0v) is 31.6. The zero-order valence-electron chi connectivity index (χ0n) is 29.1. The maximum absolute atomic E-state index is 12.1. The van der Waals surface area contributed by atoms with Gasteiger partial charge in [0.25, 0.3) is 0 Å². The minimum atomic E-state index is -4.94. The second-order valence-corrected chi connectivity index (χ2v) is 12.0. The third-order valence-electron chi connectivity index (χ3n) is 7.50. The van der Waals surface area contributed by atoms with E-state index in [4.69, 9.17) is 33.4 Å². The fourth-order valence-electron chi connectivity index (χ4n) is 4.99. The van der Waals surface area contributed by atoms with Gasteiger partial charge in [0.15, 0.2) is 0 Å². The molecule has 0 atom stereocenters. The summed E-state index contributed by atoms with van der Waals surface area (Å²) in [6.45, 7) is 8.35. The van der Waals surface area contributed by atoms with Crippen molar-refractivity contribution in [2.75, 3.05) is 52.6 Å². The van der Waals surface area contributed by atoms with Crippen molar-refractivity contribution in [1.82, 2.24) is 9.80 Å². The Bertz CT molecular complexity index is 1620. The molecule has 0 aliphatic carbocycles. The number of benzene rings is 4. The van der Waals surface area contributed by atoms with E-state index in [-0.39, 0.29) is 58.4 Å². The zero-order chi connectivity index (χ0) is 37.6. The standard InChI is InChI=1S/C36H40N4O4.C2H3N.ClHO4.Yb/c41-35-15-7-3-9-29(35)25-37-33-13-5-1-11-31(33)27-39-17-21-43-23-19-40(20-24-44-22-18-39)28-32-12-2-6-14-34(32)38-26-30-10-4-8-16-36(30)42;1-2-3;2-1(3,4)5;/h1-16,25-26,41-42H,17-24,27-28H2;1H3;(H,2,3,4,5);/q;;;+3/p-3. The quantitative estimate of drug-likeness (QED) is 0.222. The Morgan fingerprint density at radius 3 is 1.26 bits per heavy atom. The Labute approximate surface area is 351 Å². The molecule has 1 fully saturated rings. The van der Waals surface area contributed by atoms with Gasteiger partial charge in [-0.15, -0.1) is 21.7 Å². The summed E-state index contributed by atoms with van der Waals surface area (Å²) >= 11 is 0. The van der Waals surface area contributed by atoms with Gasteiger partial charge in [-0.1, -0.05) is 84.9 Å². The number of halogens is 1. The van der Waals surface area contributed by atoms with Crippen LogP contribution < -0.4 is 28.8 Å². The normalized spacial score (nSPS) is 14.7. The van der Waals surface area contributed by atoms with Crippen LogP contribution >= 0.6 is 0 Å². The molecule has 0 amide bonds. The second-order valence-electron chi connectivity index (χ2n) is 11.2. The third kappa shape index (κ3) is 19.1. The molecule has 1 heterocycles. The van der Waals surface area contributed by atoms with Crippen LogP contribution in [-0.2, 0) is 22.6 Å². The van der Waals surface area contributed by atoms with Crippen LogP contribution in [0.2, 0.25) is 0 Å². The summed E-state index contributed by atoms with van der Waals surface area (Å²) in [5, 5.41) is 31.5. The summed E-state index contributed by atoms with van der Waals surface area (Å²) in [4.78, 5) is 13.9. The van der Waals surface area contributed by atoms with E-state index in [0.29, 0.717) is 50.6 Å². The van der Waals surface area contributed by atoms with Crippen LogP contribution in [0.5, 0.6) is 11.5 Å². The molecule has 0 saturated carbocycles. The fourth-order valence-corrected chi connectivity index (χ4v) is 4.99. The smallest absolute Gasteiger partial charge is 0.872 e. The van der Waals surface area contributed by atoms with Gasteiger partial charge in [0, 0.05) is 58.6 Å². The summed E-state index contributed by atoms with van der Waals surface area (Å²) in [7, 11) is -4.94. The molecule has 5 rings (SSSR count). The Morgan fingerprint density at radius 1 is 0.623 bits per heavy atom. The molecule has 4 aromatic carbocycles. The SMILES string of the molecule is CC#N.[O-][Cl+3]([O-])([O-])[O-].[O-]c1ccccc1C=Nc1ccccc1CN1CCOCCN(Cc2ccccc2N=Cc2ccccc2[O-])CCOCC1.[Yb+3]. The van der Waals surface area contributed by atoms with Gasteiger partial charge in [0.2, 0.25) is 0 Å². The van der Waals surface area contributed by atoms with Crippen molar-refractivity contribution >= 4 is 23.8 Å². The topological polar surface area (TPSA) is 212 Å². The van der Waals surface area contributed by atoms with Crippen LogP contribution in [0.4, 0.5) is 11.4 Å². The monoisotopic (exact) mass is 904 g/mol. The number of nitrogens with zero attached hydrogens (tertiary/aromatic N) is 5. The Hall–Kier alpha value is -3.20. The first kappa shape index (κ1) is 46.0. The van der Waals surface area contributed by atoms with Crippen LogP contribution in [0, 0.1) is 68.5 Å². The molecule has 4 aromatic rings. The molecule has 0 spiro atoms. The van der Waals surface area contributed by atoms with Gasteiger partial charge in [-0.2, -0.15) is 5.26 Å². The van der Waals surface area contributed by atoms with E-state index in [1.54, 1.807) is 54.9 Å². The van der Waals surface area contributed by atoms with Crippen molar-refractivity contribution in [1.29, 1.82) is 5.26 Å². The summed E-state index contributed by atoms with van der Waals surface area (Å²) in [5.41, 5.74) is 5.02. The first-order valence-electron chi connectivity index (χ1n) is 16.4. The summed E-state index contributed by atoms with van der Waals surface area (Å²) < 4.78 is 46.1. The van der Waals surface area contributed by atoms with Crippen molar-refractivity contribution < 1.29 is 95.5 Å². The average molecular weight is 904 g/mol. The van der Waals surface area contributed by atoms with Crippen molar-refractivity contribution in [3.8, 4) is 17.6 Å². The molecule has 13 nitrogen and oxygen atoms in total. The number of hydrogen-bond acceptors (Lipinski definition) is 13. The molecule has 0 bridgehead atoms. The van der Waals surface area contributed by atoms with Crippen LogP contribution in [-0.4, -0.2) is 74.8 Å². The van der Waals surface area contributed by atoms with Crippen molar-refractivity contribution in [2.45, 2.75) is 20.0 Å². The summed E-state index contributed by atoms with van der Waals surface area (Å²) in [6.07, 6.45) is 3.29. The maximum atomic E-state index is 12.1. The Balaban J connectivity index is 0.000000982. The largest absolute Gasteiger partial charge is 3.00 e. The average Bonchev–Trinajstić information content (AvgIpc) is 3.10. The van der Waals surface area contributed by atoms with E-state index in [1.165, 1.54) is 6.92 Å². The number of nitriles is 1. The molecule has 1 aliphatic rings. The number of hydrogen-bond donors (Lipinski definition) is 0. The molecule has 287 valence electrons. The van der Waals surface area contributed by atoms with Gasteiger partial charge < -0.3 is 19.7 Å². The van der Waals surface area contributed by atoms with Gasteiger partial charge >= 0.3 is 46.9 Å². The molecule has 0 aromatic heterocycles. The van der Waals surface area contributed by atoms with E-state index in [0.717, 1.165) is 48.7 Å². The first-order valence-corrected chi connectivity index (χ1v) is 17.6. The number of rotatable bonds is 8. The van der Waals surface area contributed by atoms with Crippen molar-refractivity contribution in [3.63, 3.8) is 0 Å². The van der Waals surface area contributed by atoms with Gasteiger partial charge in [-0.05, 0) is 34.4 Å². The molecule has 1 radical (unpaired) electrons. The molecular formula is C38H41ClN5O8Yb. The summed E-state index contributed by atoms with van der Waals surface area (Å²) in [5.74, 6) is -0.0753. The van der Waals surface area contributed by atoms with Crippen molar-refractivity contribution in [3.05, 3.63) is 119 Å². The number of para-hydroxylation sites is 4. The molecule has 0 N–H and O–H groups in total. The fraction of sp³-hybridized carbons (Fsp3) is 0.289. The minimum Gasteiger partial charge on any atom is -0.872 e. The molecular weight excluding hydrogens is 863 g/mol. The first-order chi connectivity index (χ1) is 25.1. The van der Waals surface area contributed by atoms with Crippen LogP contribution in [0.25, 0.3) is 0 Å². The maximum Gasteiger partial charge on any atom is 3.00 e. The Kier molecular flexibility index (Phi) is 22.3. The van der Waals surface area contributed by atoms with Crippen LogP contribution in [0.1, 0.15) is 29.2 Å². The molecule has 53 heavy (non-hydrogen) atoms. The van der Waals surface area contributed by atoms with Crippen molar-refractivity contribution in [2.24, 2.45) is 9.98 Å². The molecule has 15 heteroatoms. The number of aliphatic imine (C=N–C) groups is 2. The van der Waals surface area contributed by atoms with Crippen LogP contribution in [0.3, 0.4) is 0 Å². The van der Waals surface area contributed by atoms with E-state index in [1.807, 2.05) is 48.5 Å². The van der Waals surface area contributed by atoms with E-state index in [9.17, 15) is 10.2 Å². The summed E-state index contributed by atoms with van der Waals surface area (Å²) in [6, 6.07) is 31.6. The predicted molar refractivity (Wildman–Crippen MR) is 183 cm³/mol. The molecule has 1 aliphatic heterocycles. The van der Waals surface area contributed by atoms with Crippen LogP contribution in [0.15, 0.2) is 107 Å². The van der Waals surface area contributed by atoms with E-state index >= 15 is 0 Å². The second kappa shape index (κ2) is 25.8. The molecule has 1 saturated heterocycles. The third-order valence-corrected chi connectivity index (χ3v) is 7.50. The van der Waals surface area contributed by atoms with Gasteiger partial charge in [0.05, 0.1) is 43.9 Å².